The minimum Gasteiger partial charge on any atom is -0.378 e. The highest BCUT2D eigenvalue weighted by atomic mass is 35.5. The predicted octanol–water partition coefficient (Wildman–Crippen LogP) is 1.14. The summed E-state index contributed by atoms with van der Waals surface area (Å²) in [7, 11) is 0. The van der Waals surface area contributed by atoms with Crippen LogP contribution in [-0.4, -0.2) is 27.3 Å². The van der Waals surface area contributed by atoms with E-state index < -0.39 is 11.2 Å². The summed E-state index contributed by atoms with van der Waals surface area (Å²) in [6.07, 6.45) is 0.526. The zero-order valence-electron chi connectivity index (χ0n) is 7.69. The van der Waals surface area contributed by atoms with E-state index in [-0.39, 0.29) is 5.88 Å². The van der Waals surface area contributed by atoms with E-state index in [9.17, 15) is 10.2 Å². The van der Waals surface area contributed by atoms with Crippen LogP contribution in [0, 0.1) is 11.8 Å². The average molecular weight is 191 g/mol. The number of alkyl halides is 1. The normalized spacial score (nSPS) is 20.2. The van der Waals surface area contributed by atoms with Crippen molar-refractivity contribution in [2.24, 2.45) is 0 Å². The van der Waals surface area contributed by atoms with Crippen LogP contribution in [0.3, 0.4) is 0 Å². The van der Waals surface area contributed by atoms with Crippen molar-refractivity contribution in [3.05, 3.63) is 0 Å². The van der Waals surface area contributed by atoms with Gasteiger partial charge in [0.05, 0.1) is 5.88 Å². The smallest absolute Gasteiger partial charge is 0.136 e. The molecule has 70 valence electrons. The Hall–Kier alpha value is -0.230. The average Bonchev–Trinajstić information content (AvgIpc) is 2.02. The molecule has 0 fully saturated rings. The summed E-state index contributed by atoms with van der Waals surface area (Å²) in [5.41, 5.74) is -2.24. The Balaban J connectivity index is 4.39. The van der Waals surface area contributed by atoms with Crippen molar-refractivity contribution in [3.8, 4) is 11.8 Å². The van der Waals surface area contributed by atoms with Crippen molar-refractivity contribution in [3.63, 3.8) is 0 Å². The van der Waals surface area contributed by atoms with E-state index in [1.165, 1.54) is 6.92 Å². The molecule has 0 heterocycles. The first-order valence-corrected chi connectivity index (χ1v) is 4.41. The summed E-state index contributed by atoms with van der Waals surface area (Å²) >= 11 is 5.43. The molecule has 0 aliphatic heterocycles. The van der Waals surface area contributed by atoms with Gasteiger partial charge in [0.2, 0.25) is 0 Å². The van der Waals surface area contributed by atoms with Crippen molar-refractivity contribution in [2.45, 2.75) is 38.4 Å². The molecule has 0 aliphatic carbocycles. The predicted molar refractivity (Wildman–Crippen MR) is 50.0 cm³/mol. The summed E-state index contributed by atoms with van der Waals surface area (Å²) in [6, 6.07) is 0. The third-order valence-corrected chi connectivity index (χ3v) is 2.07. The maximum Gasteiger partial charge on any atom is 0.136 e. The second-order valence-corrected chi connectivity index (χ2v) is 3.55. The summed E-state index contributed by atoms with van der Waals surface area (Å²) in [5, 5.41) is 18.8. The largest absolute Gasteiger partial charge is 0.378 e. The maximum atomic E-state index is 9.45. The topological polar surface area (TPSA) is 40.5 Å². The number of hydrogen-bond donors (Lipinski definition) is 2. The van der Waals surface area contributed by atoms with E-state index in [2.05, 4.69) is 11.8 Å². The SMILES string of the molecule is CCC(C)(O)C#CC(C)(O)CCl. The van der Waals surface area contributed by atoms with Crippen molar-refractivity contribution >= 4 is 11.6 Å². The van der Waals surface area contributed by atoms with Crippen LogP contribution in [0.5, 0.6) is 0 Å². The van der Waals surface area contributed by atoms with Gasteiger partial charge in [0.1, 0.15) is 11.2 Å². The lowest BCUT2D eigenvalue weighted by Crippen LogP contribution is -2.26. The van der Waals surface area contributed by atoms with Gasteiger partial charge in [-0.05, 0) is 20.3 Å². The van der Waals surface area contributed by atoms with E-state index in [1.54, 1.807) is 6.92 Å². The van der Waals surface area contributed by atoms with Crippen LogP contribution < -0.4 is 0 Å². The maximum absolute atomic E-state index is 9.45. The van der Waals surface area contributed by atoms with Crippen LogP contribution in [0.4, 0.5) is 0 Å². The molecule has 0 aromatic rings. The molecule has 0 radical (unpaired) electrons. The lowest BCUT2D eigenvalue weighted by molar-refractivity contribution is 0.114. The summed E-state index contributed by atoms with van der Waals surface area (Å²) < 4.78 is 0. The summed E-state index contributed by atoms with van der Waals surface area (Å²) in [5.74, 6) is 5.14. The fourth-order valence-corrected chi connectivity index (χ4v) is 0.458. The quantitative estimate of drug-likeness (QED) is 0.507. The van der Waals surface area contributed by atoms with Crippen LogP contribution in [0.1, 0.15) is 27.2 Å². The molecule has 0 saturated carbocycles. The molecule has 2 nitrogen and oxygen atoms in total. The Bertz CT molecular complexity index is 178. The van der Waals surface area contributed by atoms with E-state index in [1.807, 2.05) is 6.92 Å². The highest BCUT2D eigenvalue weighted by Gasteiger charge is 2.18. The molecule has 0 aliphatic rings. The minimum atomic E-state index is -1.21. The number of hydrogen-bond acceptors (Lipinski definition) is 2. The van der Waals surface area contributed by atoms with Gasteiger partial charge in [-0.15, -0.1) is 11.6 Å². The number of aliphatic hydroxyl groups is 2. The Morgan fingerprint density at radius 2 is 1.58 bits per heavy atom. The van der Waals surface area contributed by atoms with Crippen LogP contribution >= 0.6 is 11.6 Å². The first-order chi connectivity index (χ1) is 5.33. The third-order valence-electron chi connectivity index (χ3n) is 1.55. The van der Waals surface area contributed by atoms with Gasteiger partial charge in [-0.2, -0.15) is 0 Å². The Morgan fingerprint density at radius 3 is 1.92 bits per heavy atom. The van der Waals surface area contributed by atoms with Gasteiger partial charge in [-0.1, -0.05) is 18.8 Å². The molecule has 2 atom stereocenters. The van der Waals surface area contributed by atoms with Gasteiger partial charge in [0, 0.05) is 0 Å². The van der Waals surface area contributed by atoms with Crippen LogP contribution in [0.25, 0.3) is 0 Å². The molecule has 0 amide bonds. The van der Waals surface area contributed by atoms with Crippen molar-refractivity contribution < 1.29 is 10.2 Å². The first-order valence-electron chi connectivity index (χ1n) is 3.88. The molecule has 0 aromatic heterocycles. The van der Waals surface area contributed by atoms with Crippen molar-refractivity contribution in [1.82, 2.24) is 0 Å². The Morgan fingerprint density at radius 1 is 1.17 bits per heavy atom. The molecule has 0 saturated heterocycles. The molecule has 0 bridgehead atoms. The highest BCUT2D eigenvalue weighted by Crippen LogP contribution is 2.09. The van der Waals surface area contributed by atoms with E-state index in [4.69, 9.17) is 11.6 Å². The van der Waals surface area contributed by atoms with Crippen molar-refractivity contribution in [1.29, 1.82) is 0 Å². The third kappa shape index (κ3) is 4.61. The minimum absolute atomic E-state index is 0.0415. The van der Waals surface area contributed by atoms with Gasteiger partial charge < -0.3 is 10.2 Å². The zero-order chi connectivity index (χ0) is 9.83. The first kappa shape index (κ1) is 11.8. The van der Waals surface area contributed by atoms with Gasteiger partial charge in [0.25, 0.3) is 0 Å². The fourth-order valence-electron chi connectivity index (χ4n) is 0.391. The number of halogens is 1. The second kappa shape index (κ2) is 4.13. The Kier molecular flexibility index (Phi) is 4.05. The Labute approximate surface area is 78.5 Å². The lowest BCUT2D eigenvalue weighted by atomic mass is 10.0. The number of rotatable bonds is 2. The molecule has 0 rings (SSSR count). The fraction of sp³-hybridized carbons (Fsp3) is 0.778. The van der Waals surface area contributed by atoms with Gasteiger partial charge in [-0.3, -0.25) is 0 Å². The molecule has 2 unspecified atom stereocenters. The molecular weight excluding hydrogens is 176 g/mol. The monoisotopic (exact) mass is 190 g/mol. The van der Waals surface area contributed by atoms with E-state index in [0.717, 1.165) is 0 Å². The van der Waals surface area contributed by atoms with Gasteiger partial charge in [-0.25, -0.2) is 0 Å². The molecule has 12 heavy (non-hydrogen) atoms. The van der Waals surface area contributed by atoms with Crippen LogP contribution in [-0.2, 0) is 0 Å². The molecule has 0 spiro atoms. The van der Waals surface area contributed by atoms with Gasteiger partial charge in [0.15, 0.2) is 0 Å². The van der Waals surface area contributed by atoms with E-state index in [0.29, 0.717) is 6.42 Å². The van der Waals surface area contributed by atoms with Crippen LogP contribution in [0.15, 0.2) is 0 Å². The molecule has 2 N–H and O–H groups in total. The summed E-state index contributed by atoms with van der Waals surface area (Å²) in [4.78, 5) is 0. The van der Waals surface area contributed by atoms with Crippen molar-refractivity contribution in [2.75, 3.05) is 5.88 Å². The molecular formula is C9H15ClO2. The standard InChI is InChI=1S/C9H15ClO2/c1-4-8(2,11)5-6-9(3,12)7-10/h11-12H,4,7H2,1-3H3. The molecule has 0 aromatic carbocycles. The van der Waals surface area contributed by atoms with Gasteiger partial charge >= 0.3 is 0 Å². The zero-order valence-corrected chi connectivity index (χ0v) is 8.44. The highest BCUT2D eigenvalue weighted by molar-refractivity contribution is 6.18. The van der Waals surface area contributed by atoms with E-state index >= 15 is 0 Å². The van der Waals surface area contributed by atoms with Crippen LogP contribution in [0.2, 0.25) is 0 Å². The lowest BCUT2D eigenvalue weighted by Gasteiger charge is -2.15. The molecule has 3 heteroatoms. The summed E-state index contributed by atoms with van der Waals surface area (Å²) in [6.45, 7) is 4.94. The second-order valence-electron chi connectivity index (χ2n) is 3.28.